The van der Waals surface area contributed by atoms with Crippen molar-refractivity contribution in [1.29, 1.82) is 0 Å². The molecule has 1 unspecified atom stereocenters. The van der Waals surface area contributed by atoms with Crippen molar-refractivity contribution in [3.05, 3.63) is 95.7 Å². The van der Waals surface area contributed by atoms with Crippen LogP contribution in [0.4, 0.5) is 10.6 Å². The number of aromatic nitrogens is 1. The SMILES string of the molecule is CCOC(=O)CC(C)(NC(=O)Nc1ccc(C#Cc2ccccc2)cn1)c1ccccc1. The fraction of sp³-hybridized carbons (Fsp3) is 0.192. The van der Waals surface area contributed by atoms with Crippen molar-refractivity contribution in [2.75, 3.05) is 11.9 Å². The first-order chi connectivity index (χ1) is 15.5. The summed E-state index contributed by atoms with van der Waals surface area (Å²) in [7, 11) is 0. The summed E-state index contributed by atoms with van der Waals surface area (Å²) in [4.78, 5) is 29.1. The van der Waals surface area contributed by atoms with Crippen LogP contribution in [0, 0.1) is 11.8 Å². The van der Waals surface area contributed by atoms with Gasteiger partial charge >= 0.3 is 12.0 Å². The molecule has 0 saturated heterocycles. The van der Waals surface area contributed by atoms with Crippen LogP contribution < -0.4 is 10.6 Å². The first kappa shape index (κ1) is 22.6. The molecule has 3 rings (SSSR count). The summed E-state index contributed by atoms with van der Waals surface area (Å²) in [5.74, 6) is 6.09. The Morgan fingerprint density at radius 1 is 0.938 bits per heavy atom. The number of amides is 2. The number of ether oxygens (including phenoxy) is 1. The standard InChI is InChI=1S/C26H25N3O3/c1-3-32-24(30)18-26(2,22-12-8-5-9-13-22)29-25(31)28-23-17-16-21(19-27-23)15-14-20-10-6-4-7-11-20/h4-13,16-17,19H,3,18H2,1-2H3,(H2,27,28,29,31). The number of nitrogens with one attached hydrogen (secondary N) is 2. The molecule has 162 valence electrons. The van der Waals surface area contributed by atoms with Gasteiger partial charge in [-0.25, -0.2) is 9.78 Å². The molecule has 0 fully saturated rings. The minimum atomic E-state index is -0.946. The smallest absolute Gasteiger partial charge is 0.321 e. The van der Waals surface area contributed by atoms with Gasteiger partial charge in [-0.15, -0.1) is 0 Å². The number of carbonyl (C=O) groups is 2. The van der Waals surface area contributed by atoms with Crippen molar-refractivity contribution in [2.45, 2.75) is 25.8 Å². The van der Waals surface area contributed by atoms with Crippen molar-refractivity contribution in [2.24, 2.45) is 0 Å². The molecule has 3 aromatic rings. The first-order valence-electron chi connectivity index (χ1n) is 10.3. The summed E-state index contributed by atoms with van der Waals surface area (Å²) in [6, 6.07) is 22.0. The van der Waals surface area contributed by atoms with Gasteiger partial charge < -0.3 is 10.1 Å². The number of pyridine rings is 1. The highest BCUT2D eigenvalue weighted by molar-refractivity contribution is 5.89. The van der Waals surface area contributed by atoms with Crippen LogP contribution in [0.1, 0.15) is 37.0 Å². The molecule has 2 N–H and O–H groups in total. The van der Waals surface area contributed by atoms with Gasteiger partial charge in [-0.3, -0.25) is 10.1 Å². The first-order valence-corrected chi connectivity index (χ1v) is 10.3. The summed E-state index contributed by atoms with van der Waals surface area (Å²) in [5, 5.41) is 5.60. The highest BCUT2D eigenvalue weighted by atomic mass is 16.5. The Kier molecular flexibility index (Phi) is 7.60. The van der Waals surface area contributed by atoms with Gasteiger partial charge in [0.2, 0.25) is 0 Å². The molecular formula is C26H25N3O3. The third-order valence-corrected chi connectivity index (χ3v) is 4.73. The minimum absolute atomic E-state index is 0.000283. The van der Waals surface area contributed by atoms with E-state index in [-0.39, 0.29) is 13.0 Å². The quantitative estimate of drug-likeness (QED) is 0.449. The van der Waals surface area contributed by atoms with Gasteiger partial charge in [-0.2, -0.15) is 0 Å². The van der Waals surface area contributed by atoms with Crippen LogP contribution in [0.5, 0.6) is 0 Å². The molecule has 32 heavy (non-hydrogen) atoms. The zero-order chi connectivity index (χ0) is 22.8. The van der Waals surface area contributed by atoms with Gasteiger partial charge in [0.1, 0.15) is 5.82 Å². The van der Waals surface area contributed by atoms with E-state index in [0.29, 0.717) is 5.82 Å². The van der Waals surface area contributed by atoms with Gasteiger partial charge in [0.25, 0.3) is 0 Å². The van der Waals surface area contributed by atoms with Crippen LogP contribution in [0.25, 0.3) is 0 Å². The van der Waals surface area contributed by atoms with Crippen molar-refractivity contribution < 1.29 is 14.3 Å². The fourth-order valence-electron chi connectivity index (χ4n) is 3.13. The summed E-state index contributed by atoms with van der Waals surface area (Å²) < 4.78 is 5.09. The van der Waals surface area contributed by atoms with Gasteiger partial charge in [0.15, 0.2) is 0 Å². The molecule has 0 radical (unpaired) electrons. The van der Waals surface area contributed by atoms with Crippen LogP contribution in [-0.4, -0.2) is 23.6 Å². The second-order valence-corrected chi connectivity index (χ2v) is 7.31. The molecule has 2 aromatic carbocycles. The maximum atomic E-state index is 12.7. The third-order valence-electron chi connectivity index (χ3n) is 4.73. The Bertz CT molecular complexity index is 1100. The largest absolute Gasteiger partial charge is 0.466 e. The van der Waals surface area contributed by atoms with Crippen LogP contribution >= 0.6 is 0 Å². The van der Waals surface area contributed by atoms with E-state index in [4.69, 9.17) is 4.74 Å². The van der Waals surface area contributed by atoms with E-state index in [2.05, 4.69) is 27.5 Å². The Morgan fingerprint density at radius 3 is 2.22 bits per heavy atom. The van der Waals surface area contributed by atoms with Gasteiger partial charge in [0, 0.05) is 17.3 Å². The number of rotatable bonds is 6. The molecule has 6 nitrogen and oxygen atoms in total. The number of esters is 1. The van der Waals surface area contributed by atoms with Crippen LogP contribution in [-0.2, 0) is 15.1 Å². The minimum Gasteiger partial charge on any atom is -0.466 e. The molecule has 0 aliphatic carbocycles. The van der Waals surface area contributed by atoms with E-state index >= 15 is 0 Å². The molecule has 0 bridgehead atoms. The van der Waals surface area contributed by atoms with Crippen molar-refractivity contribution in [3.8, 4) is 11.8 Å². The monoisotopic (exact) mass is 427 g/mol. The molecule has 2 amide bonds. The molecule has 0 spiro atoms. The zero-order valence-corrected chi connectivity index (χ0v) is 18.1. The van der Waals surface area contributed by atoms with Gasteiger partial charge in [0.05, 0.1) is 18.6 Å². The molecule has 0 aliphatic rings. The summed E-state index contributed by atoms with van der Waals surface area (Å²) in [5.41, 5.74) is 1.49. The molecular weight excluding hydrogens is 402 g/mol. The zero-order valence-electron chi connectivity index (χ0n) is 18.1. The van der Waals surface area contributed by atoms with Gasteiger partial charge in [-0.05, 0) is 43.7 Å². The van der Waals surface area contributed by atoms with Crippen molar-refractivity contribution >= 4 is 17.8 Å². The summed E-state index contributed by atoms with van der Waals surface area (Å²) in [6.07, 6.45) is 1.60. The number of carbonyl (C=O) groups excluding carboxylic acids is 2. The van der Waals surface area contributed by atoms with Crippen LogP contribution in [0.3, 0.4) is 0 Å². The van der Waals surface area contributed by atoms with Crippen LogP contribution in [0.15, 0.2) is 79.0 Å². The maximum Gasteiger partial charge on any atom is 0.321 e. The van der Waals surface area contributed by atoms with Crippen LogP contribution in [0.2, 0.25) is 0 Å². The Hall–Kier alpha value is -4.11. The van der Waals surface area contributed by atoms with E-state index in [0.717, 1.165) is 16.7 Å². The molecule has 0 saturated carbocycles. The van der Waals surface area contributed by atoms with E-state index < -0.39 is 17.5 Å². The van der Waals surface area contributed by atoms with Gasteiger partial charge in [-0.1, -0.05) is 60.4 Å². The number of hydrogen-bond acceptors (Lipinski definition) is 4. The summed E-state index contributed by atoms with van der Waals surface area (Å²) in [6.45, 7) is 3.81. The number of hydrogen-bond donors (Lipinski definition) is 2. The van der Waals surface area contributed by atoms with E-state index in [1.54, 1.807) is 32.2 Å². The molecule has 1 atom stereocenters. The second kappa shape index (κ2) is 10.8. The topological polar surface area (TPSA) is 80.3 Å². The summed E-state index contributed by atoms with van der Waals surface area (Å²) >= 11 is 0. The molecule has 0 aliphatic heterocycles. The maximum absolute atomic E-state index is 12.7. The number of nitrogens with zero attached hydrogens (tertiary/aromatic N) is 1. The Morgan fingerprint density at radius 2 is 1.59 bits per heavy atom. The number of benzene rings is 2. The lowest BCUT2D eigenvalue weighted by molar-refractivity contribution is -0.144. The lowest BCUT2D eigenvalue weighted by Crippen LogP contribution is -2.47. The van der Waals surface area contributed by atoms with E-state index in [1.807, 2.05) is 60.7 Å². The fourth-order valence-corrected chi connectivity index (χ4v) is 3.13. The highest BCUT2D eigenvalue weighted by Gasteiger charge is 2.32. The van der Waals surface area contributed by atoms with Crippen molar-refractivity contribution in [1.82, 2.24) is 10.3 Å². The number of anilines is 1. The third kappa shape index (κ3) is 6.44. The molecule has 6 heteroatoms. The lowest BCUT2D eigenvalue weighted by atomic mass is 9.88. The predicted octanol–water partition coefficient (Wildman–Crippen LogP) is 4.47. The Balaban J connectivity index is 1.68. The second-order valence-electron chi connectivity index (χ2n) is 7.31. The normalized spacial score (nSPS) is 11.9. The number of urea groups is 1. The van der Waals surface area contributed by atoms with E-state index in [9.17, 15) is 9.59 Å². The average molecular weight is 428 g/mol. The highest BCUT2D eigenvalue weighted by Crippen LogP contribution is 2.25. The Labute approximate surface area is 188 Å². The predicted molar refractivity (Wildman–Crippen MR) is 124 cm³/mol. The lowest BCUT2D eigenvalue weighted by Gasteiger charge is -2.30. The van der Waals surface area contributed by atoms with E-state index in [1.165, 1.54) is 0 Å². The molecule has 1 aromatic heterocycles. The van der Waals surface area contributed by atoms with Crippen molar-refractivity contribution in [3.63, 3.8) is 0 Å². The average Bonchev–Trinajstić information content (AvgIpc) is 2.80. The molecule has 1 heterocycles.